The number of alkyl halides is 2. The fourth-order valence-electron chi connectivity index (χ4n) is 4.42. The molecule has 0 amide bonds. The number of benzene rings is 1. The maximum absolute atomic E-state index is 15.6. The molecule has 2 aromatic heterocycles. The first kappa shape index (κ1) is 20.3. The van der Waals surface area contributed by atoms with E-state index in [1.807, 2.05) is 0 Å². The number of hydrogen-bond donors (Lipinski definition) is 2. The zero-order valence-electron chi connectivity index (χ0n) is 16.9. The molecular weight excluding hydrogens is 431 g/mol. The fourth-order valence-corrected chi connectivity index (χ4v) is 5.67. The predicted octanol–water partition coefficient (Wildman–Crippen LogP) is 3.79. The van der Waals surface area contributed by atoms with Gasteiger partial charge in [-0.15, -0.1) is 11.3 Å². The van der Waals surface area contributed by atoms with Gasteiger partial charge >= 0.3 is 5.69 Å². The van der Waals surface area contributed by atoms with Gasteiger partial charge < -0.3 is 10.5 Å². The first-order valence-electron chi connectivity index (χ1n) is 9.96. The SMILES string of the molecule is COc1c(-c2cc3c(s2)CCC(F)(F)C3N)c(F)c(C)c2c(=O)[nH]c(=O)n(C3CC3)c12. The van der Waals surface area contributed by atoms with Crippen molar-refractivity contribution < 1.29 is 17.9 Å². The Bertz CT molecular complexity index is 1350. The van der Waals surface area contributed by atoms with Crippen LogP contribution in [0.4, 0.5) is 13.2 Å². The number of ether oxygens (including phenoxy) is 1. The highest BCUT2D eigenvalue weighted by atomic mass is 32.1. The zero-order valence-corrected chi connectivity index (χ0v) is 17.7. The van der Waals surface area contributed by atoms with E-state index in [0.717, 1.165) is 12.8 Å². The number of aromatic nitrogens is 2. The second-order valence-corrected chi connectivity index (χ2v) is 9.30. The van der Waals surface area contributed by atoms with Gasteiger partial charge in [-0.1, -0.05) is 0 Å². The number of hydrogen-bond acceptors (Lipinski definition) is 5. The average molecular weight is 451 g/mol. The van der Waals surface area contributed by atoms with Crippen molar-refractivity contribution >= 4 is 22.2 Å². The quantitative estimate of drug-likeness (QED) is 0.634. The number of nitrogens with two attached hydrogens (primary N) is 1. The Morgan fingerprint density at radius 3 is 2.68 bits per heavy atom. The Labute approximate surface area is 178 Å². The molecule has 0 radical (unpaired) electrons. The minimum absolute atomic E-state index is 0.0483. The van der Waals surface area contributed by atoms with E-state index >= 15 is 4.39 Å². The van der Waals surface area contributed by atoms with Crippen LogP contribution < -0.4 is 21.7 Å². The second kappa shape index (κ2) is 6.70. The van der Waals surface area contributed by atoms with E-state index in [0.29, 0.717) is 15.3 Å². The minimum Gasteiger partial charge on any atom is -0.494 e. The molecule has 10 heteroatoms. The average Bonchev–Trinajstić information content (AvgIpc) is 3.45. The molecule has 164 valence electrons. The van der Waals surface area contributed by atoms with Gasteiger partial charge in [0.05, 0.1) is 24.1 Å². The molecule has 1 unspecified atom stereocenters. The lowest BCUT2D eigenvalue weighted by Gasteiger charge is -2.28. The highest BCUT2D eigenvalue weighted by Gasteiger charge is 2.43. The first-order valence-corrected chi connectivity index (χ1v) is 10.8. The lowest BCUT2D eigenvalue weighted by Crippen LogP contribution is -2.36. The summed E-state index contributed by atoms with van der Waals surface area (Å²) in [6.45, 7) is 1.46. The number of methoxy groups -OCH3 is 1. The zero-order chi connectivity index (χ0) is 22.2. The number of fused-ring (bicyclic) bond motifs is 2. The summed E-state index contributed by atoms with van der Waals surface area (Å²) in [5.74, 6) is -3.67. The van der Waals surface area contributed by atoms with E-state index in [-0.39, 0.29) is 46.7 Å². The van der Waals surface area contributed by atoms with Crippen LogP contribution in [0.3, 0.4) is 0 Å². The number of aromatic amines is 1. The van der Waals surface area contributed by atoms with Gasteiger partial charge in [-0.3, -0.25) is 14.3 Å². The summed E-state index contributed by atoms with van der Waals surface area (Å²) in [5.41, 5.74) is 5.18. The summed E-state index contributed by atoms with van der Waals surface area (Å²) in [7, 11) is 1.34. The fraction of sp³-hybridized carbons (Fsp3) is 0.429. The molecule has 3 aromatic rings. The van der Waals surface area contributed by atoms with Gasteiger partial charge in [0.2, 0.25) is 0 Å². The van der Waals surface area contributed by atoms with Crippen molar-refractivity contribution in [1.82, 2.24) is 9.55 Å². The molecule has 2 heterocycles. The predicted molar refractivity (Wildman–Crippen MR) is 112 cm³/mol. The van der Waals surface area contributed by atoms with Crippen molar-refractivity contribution in [2.24, 2.45) is 5.73 Å². The molecule has 0 bridgehead atoms. The maximum Gasteiger partial charge on any atom is 0.329 e. The van der Waals surface area contributed by atoms with E-state index in [2.05, 4.69) is 4.98 Å². The van der Waals surface area contributed by atoms with E-state index in [1.54, 1.807) is 0 Å². The minimum atomic E-state index is -3.03. The standard InChI is InChI=1S/C21H20F3N3O3S/c1-8-13-16(27(9-3-4-9)20(29)26-19(13)28)17(30-2)14(15(8)22)12-7-10-11(31-12)5-6-21(23,24)18(10)25/h7,9,18H,3-6,25H2,1-2H3,(H,26,28,29). The van der Waals surface area contributed by atoms with Gasteiger partial charge in [-0.2, -0.15) is 0 Å². The normalized spacial score (nSPS) is 20.1. The van der Waals surface area contributed by atoms with Crippen molar-refractivity contribution in [2.75, 3.05) is 7.11 Å². The van der Waals surface area contributed by atoms with Crippen LogP contribution in [0, 0.1) is 12.7 Å². The molecular formula is C21H20F3N3O3S. The van der Waals surface area contributed by atoms with Crippen LogP contribution >= 0.6 is 11.3 Å². The van der Waals surface area contributed by atoms with Crippen molar-refractivity contribution in [3.05, 3.63) is 48.7 Å². The van der Waals surface area contributed by atoms with Gasteiger partial charge in [0.1, 0.15) is 11.3 Å². The lowest BCUT2D eigenvalue weighted by atomic mass is 9.90. The van der Waals surface area contributed by atoms with Crippen molar-refractivity contribution in [2.45, 2.75) is 50.6 Å². The van der Waals surface area contributed by atoms with Gasteiger partial charge in [0, 0.05) is 27.8 Å². The first-order chi connectivity index (χ1) is 14.7. The summed E-state index contributed by atoms with van der Waals surface area (Å²) in [5, 5.41) is 0.0501. The molecule has 0 spiro atoms. The topological polar surface area (TPSA) is 90.1 Å². The highest BCUT2D eigenvalue weighted by molar-refractivity contribution is 7.15. The Morgan fingerprint density at radius 2 is 2.03 bits per heavy atom. The summed E-state index contributed by atoms with van der Waals surface area (Å²) in [6.07, 6.45) is 1.29. The third-order valence-electron chi connectivity index (χ3n) is 6.19. The van der Waals surface area contributed by atoms with E-state index < -0.39 is 29.0 Å². The molecule has 31 heavy (non-hydrogen) atoms. The number of rotatable bonds is 3. The van der Waals surface area contributed by atoms with Crippen molar-refractivity contribution in [3.8, 4) is 16.2 Å². The Morgan fingerprint density at radius 1 is 1.32 bits per heavy atom. The van der Waals surface area contributed by atoms with Crippen LogP contribution in [-0.4, -0.2) is 22.6 Å². The van der Waals surface area contributed by atoms with Gasteiger partial charge in [0.15, 0.2) is 5.75 Å². The van der Waals surface area contributed by atoms with Crippen molar-refractivity contribution in [3.63, 3.8) is 0 Å². The number of nitrogens with zero attached hydrogens (tertiary/aromatic N) is 1. The Balaban J connectivity index is 1.86. The molecule has 1 fully saturated rings. The lowest BCUT2D eigenvalue weighted by molar-refractivity contribution is -0.0392. The van der Waals surface area contributed by atoms with E-state index in [4.69, 9.17) is 10.5 Å². The number of halogens is 3. The largest absolute Gasteiger partial charge is 0.494 e. The van der Waals surface area contributed by atoms with Crippen LogP contribution in [-0.2, 0) is 6.42 Å². The Hall–Kier alpha value is -2.59. The molecule has 2 aliphatic carbocycles. The number of thiophene rings is 1. The molecule has 1 aromatic carbocycles. The summed E-state index contributed by atoms with van der Waals surface area (Å²) >= 11 is 1.19. The summed E-state index contributed by atoms with van der Waals surface area (Å²) < 4.78 is 50.9. The number of aryl methyl sites for hydroxylation is 2. The summed E-state index contributed by atoms with van der Waals surface area (Å²) in [4.78, 5) is 28.5. The van der Waals surface area contributed by atoms with Crippen LogP contribution in [0.1, 0.15) is 47.4 Å². The van der Waals surface area contributed by atoms with Gasteiger partial charge in [-0.25, -0.2) is 18.0 Å². The maximum atomic E-state index is 15.6. The number of nitrogens with one attached hydrogen (secondary N) is 1. The van der Waals surface area contributed by atoms with Crippen molar-refractivity contribution in [1.29, 1.82) is 0 Å². The van der Waals surface area contributed by atoms with Crippen LogP contribution in [0.15, 0.2) is 15.7 Å². The molecule has 1 atom stereocenters. The van der Waals surface area contributed by atoms with E-state index in [9.17, 15) is 18.4 Å². The molecule has 0 saturated heterocycles. The smallest absolute Gasteiger partial charge is 0.329 e. The monoisotopic (exact) mass is 451 g/mol. The molecule has 3 N–H and O–H groups in total. The highest BCUT2D eigenvalue weighted by Crippen LogP contribution is 2.49. The van der Waals surface area contributed by atoms with Gasteiger partial charge in [0.25, 0.3) is 11.5 Å². The molecule has 6 nitrogen and oxygen atoms in total. The summed E-state index contributed by atoms with van der Waals surface area (Å²) in [6, 6.07) is -0.0945. The third kappa shape index (κ3) is 2.88. The number of H-pyrrole nitrogens is 1. The second-order valence-electron chi connectivity index (χ2n) is 8.16. The molecule has 2 aliphatic rings. The Kier molecular flexibility index (Phi) is 4.39. The van der Waals surface area contributed by atoms with Crippen LogP contribution in [0.2, 0.25) is 0 Å². The molecule has 0 aliphatic heterocycles. The molecule has 5 rings (SSSR count). The molecule has 1 saturated carbocycles. The van der Waals surface area contributed by atoms with E-state index in [1.165, 1.54) is 36.0 Å². The third-order valence-corrected chi connectivity index (χ3v) is 7.42. The van der Waals surface area contributed by atoms with Gasteiger partial charge in [-0.05, 0) is 37.8 Å². The van der Waals surface area contributed by atoms with Crippen LogP contribution in [0.25, 0.3) is 21.3 Å². The van der Waals surface area contributed by atoms with Crippen LogP contribution in [0.5, 0.6) is 5.75 Å².